The number of aliphatic carboxylic acids is 1. The van der Waals surface area contributed by atoms with Crippen molar-refractivity contribution in [3.63, 3.8) is 0 Å². The molecule has 2 N–H and O–H groups in total. The highest BCUT2D eigenvalue weighted by molar-refractivity contribution is 9.10. The number of nitrogens with zero attached hydrogens (tertiary/aromatic N) is 1. The Hall–Kier alpha value is -2.28. The number of benzene rings is 1. The molecule has 1 aromatic carbocycles. The molecule has 7 heteroatoms. The van der Waals surface area contributed by atoms with E-state index in [1.807, 2.05) is 0 Å². The Morgan fingerprint density at radius 2 is 1.80 bits per heavy atom. The average molecular weight is 340 g/mol. The van der Waals surface area contributed by atoms with Crippen molar-refractivity contribution in [3.05, 3.63) is 46.8 Å². The first-order valence-electron chi connectivity index (χ1n) is 5.55. The van der Waals surface area contributed by atoms with Crippen LogP contribution in [0.15, 0.2) is 45.5 Å². The van der Waals surface area contributed by atoms with Crippen LogP contribution in [0, 0.1) is 0 Å². The molecule has 0 fully saturated rings. The molecule has 0 spiro atoms. The molecule has 20 heavy (non-hydrogen) atoms. The summed E-state index contributed by atoms with van der Waals surface area (Å²) in [5, 5.41) is 18.2. The number of anilines is 1. The average Bonchev–Trinajstić information content (AvgIpc) is 2.83. The second-order valence-electron chi connectivity index (χ2n) is 3.91. The fourth-order valence-corrected chi connectivity index (χ4v) is 1.92. The first-order chi connectivity index (χ1) is 9.47. The van der Waals surface area contributed by atoms with Crippen molar-refractivity contribution >= 4 is 33.5 Å². The van der Waals surface area contributed by atoms with E-state index in [-0.39, 0.29) is 11.5 Å². The lowest BCUT2D eigenvalue weighted by atomic mass is 10.2. The van der Waals surface area contributed by atoms with E-state index in [1.165, 1.54) is 30.3 Å². The van der Waals surface area contributed by atoms with Gasteiger partial charge in [-0.05, 0) is 52.3 Å². The number of halogens is 1. The minimum atomic E-state index is -1.16. The molecule has 0 unspecified atom stereocenters. The Bertz CT molecular complexity index is 634. The maximum absolute atomic E-state index is 12.3. The van der Waals surface area contributed by atoms with Gasteiger partial charge in [0.1, 0.15) is 12.3 Å². The quantitative estimate of drug-likeness (QED) is 0.892. The van der Waals surface area contributed by atoms with Crippen molar-refractivity contribution in [2.75, 3.05) is 11.4 Å². The molecule has 104 valence electrons. The van der Waals surface area contributed by atoms with Gasteiger partial charge in [0.05, 0.1) is 0 Å². The first kappa shape index (κ1) is 14.1. The second-order valence-corrected chi connectivity index (χ2v) is 4.69. The number of carboxylic acids is 1. The lowest BCUT2D eigenvalue weighted by Crippen LogP contribution is -2.35. The number of carbonyl (C=O) groups is 2. The normalized spacial score (nSPS) is 10.2. The maximum atomic E-state index is 12.3. The number of amides is 1. The fourth-order valence-electron chi connectivity index (χ4n) is 1.61. The van der Waals surface area contributed by atoms with Gasteiger partial charge in [0.15, 0.2) is 10.4 Å². The SMILES string of the molecule is O=C(O)CN(C(=O)c1ccc(Br)o1)c1ccc(O)cc1. The van der Waals surface area contributed by atoms with E-state index in [1.54, 1.807) is 6.07 Å². The zero-order valence-electron chi connectivity index (χ0n) is 10.1. The maximum Gasteiger partial charge on any atom is 0.323 e. The van der Waals surface area contributed by atoms with Gasteiger partial charge < -0.3 is 14.6 Å². The van der Waals surface area contributed by atoms with Crippen molar-refractivity contribution in [2.45, 2.75) is 0 Å². The Labute approximate surface area is 122 Å². The third-order valence-corrected chi connectivity index (χ3v) is 2.91. The summed E-state index contributed by atoms with van der Waals surface area (Å²) in [6, 6.07) is 8.64. The summed E-state index contributed by atoms with van der Waals surface area (Å²) in [5.41, 5.74) is 0.350. The Morgan fingerprint density at radius 1 is 1.15 bits per heavy atom. The van der Waals surface area contributed by atoms with Gasteiger partial charge in [-0.1, -0.05) is 0 Å². The van der Waals surface area contributed by atoms with E-state index >= 15 is 0 Å². The number of rotatable bonds is 4. The molecule has 0 bridgehead atoms. The summed E-state index contributed by atoms with van der Waals surface area (Å²) in [6.07, 6.45) is 0. The van der Waals surface area contributed by atoms with E-state index in [0.717, 1.165) is 4.90 Å². The van der Waals surface area contributed by atoms with E-state index in [9.17, 15) is 14.7 Å². The minimum absolute atomic E-state index is 0.0196. The van der Waals surface area contributed by atoms with Crippen LogP contribution in [0.5, 0.6) is 5.75 Å². The molecular formula is C13H10BrNO5. The summed E-state index contributed by atoms with van der Waals surface area (Å²) in [5.74, 6) is -1.69. The first-order valence-corrected chi connectivity index (χ1v) is 6.34. The Balaban J connectivity index is 2.34. The highest BCUT2D eigenvalue weighted by Gasteiger charge is 2.23. The van der Waals surface area contributed by atoms with E-state index in [0.29, 0.717) is 10.4 Å². The van der Waals surface area contributed by atoms with Crippen LogP contribution in [0.25, 0.3) is 0 Å². The monoisotopic (exact) mass is 339 g/mol. The largest absolute Gasteiger partial charge is 0.508 e. The number of furan rings is 1. The molecule has 0 saturated carbocycles. The summed E-state index contributed by atoms with van der Waals surface area (Å²) in [6.45, 7) is -0.512. The van der Waals surface area contributed by atoms with Gasteiger partial charge >= 0.3 is 5.97 Å². The molecule has 0 aliphatic heterocycles. The number of phenolic OH excluding ortho intramolecular Hbond substituents is 1. The summed E-state index contributed by atoms with van der Waals surface area (Å²) in [4.78, 5) is 24.2. The molecule has 1 aromatic heterocycles. The molecule has 0 saturated heterocycles. The van der Waals surface area contributed by atoms with Gasteiger partial charge in [0.25, 0.3) is 5.91 Å². The minimum Gasteiger partial charge on any atom is -0.508 e. The Morgan fingerprint density at radius 3 is 2.30 bits per heavy atom. The third-order valence-electron chi connectivity index (χ3n) is 2.48. The lowest BCUT2D eigenvalue weighted by molar-refractivity contribution is -0.135. The van der Waals surface area contributed by atoms with Gasteiger partial charge in [0, 0.05) is 5.69 Å². The second kappa shape index (κ2) is 5.79. The summed E-state index contributed by atoms with van der Waals surface area (Å²) in [7, 11) is 0. The van der Waals surface area contributed by atoms with E-state index in [4.69, 9.17) is 9.52 Å². The number of phenols is 1. The zero-order valence-corrected chi connectivity index (χ0v) is 11.7. The van der Waals surface area contributed by atoms with Gasteiger partial charge in [0.2, 0.25) is 0 Å². The molecule has 1 heterocycles. The van der Waals surface area contributed by atoms with Gasteiger partial charge in [-0.15, -0.1) is 0 Å². The van der Waals surface area contributed by atoms with Crippen molar-refractivity contribution < 1.29 is 24.2 Å². The fraction of sp³-hybridized carbons (Fsp3) is 0.0769. The van der Waals surface area contributed by atoms with Crippen molar-refractivity contribution in [3.8, 4) is 5.75 Å². The summed E-state index contributed by atoms with van der Waals surface area (Å²) < 4.78 is 5.51. The predicted octanol–water partition coefficient (Wildman–Crippen LogP) is 2.48. The van der Waals surface area contributed by atoms with Crippen molar-refractivity contribution in [1.82, 2.24) is 0 Å². The standard InChI is InChI=1S/C13H10BrNO5/c14-11-6-5-10(20-11)13(19)15(7-12(17)18)8-1-3-9(16)4-2-8/h1-6,16H,7H2,(H,17,18). The van der Waals surface area contributed by atoms with Crippen LogP contribution in [-0.4, -0.2) is 28.6 Å². The lowest BCUT2D eigenvalue weighted by Gasteiger charge is -2.19. The van der Waals surface area contributed by atoms with Crippen LogP contribution in [0.2, 0.25) is 0 Å². The van der Waals surface area contributed by atoms with E-state index in [2.05, 4.69) is 15.9 Å². The molecule has 6 nitrogen and oxygen atoms in total. The molecule has 1 amide bonds. The molecule has 2 rings (SSSR count). The number of hydrogen-bond acceptors (Lipinski definition) is 4. The topological polar surface area (TPSA) is 91.0 Å². The van der Waals surface area contributed by atoms with Gasteiger partial charge in [-0.3, -0.25) is 14.5 Å². The molecule has 2 aromatic rings. The molecule has 0 aliphatic carbocycles. The molecular weight excluding hydrogens is 330 g/mol. The van der Waals surface area contributed by atoms with Gasteiger partial charge in [-0.2, -0.15) is 0 Å². The predicted molar refractivity (Wildman–Crippen MR) is 73.8 cm³/mol. The number of carboxylic acid groups (broad SMARTS) is 1. The highest BCUT2D eigenvalue weighted by atomic mass is 79.9. The van der Waals surface area contributed by atoms with Crippen molar-refractivity contribution in [1.29, 1.82) is 0 Å². The number of hydrogen-bond donors (Lipinski definition) is 2. The number of carbonyl (C=O) groups excluding carboxylic acids is 1. The van der Waals surface area contributed by atoms with Crippen LogP contribution < -0.4 is 4.90 Å². The van der Waals surface area contributed by atoms with Crippen LogP contribution in [0.4, 0.5) is 5.69 Å². The number of aromatic hydroxyl groups is 1. The Kier molecular flexibility index (Phi) is 4.09. The molecule has 0 aliphatic rings. The highest BCUT2D eigenvalue weighted by Crippen LogP contribution is 2.22. The third kappa shape index (κ3) is 3.18. The van der Waals surface area contributed by atoms with Crippen molar-refractivity contribution in [2.24, 2.45) is 0 Å². The zero-order chi connectivity index (χ0) is 14.7. The van der Waals surface area contributed by atoms with Crippen LogP contribution in [-0.2, 0) is 4.79 Å². The van der Waals surface area contributed by atoms with E-state index < -0.39 is 18.4 Å². The molecule has 0 atom stereocenters. The molecule has 0 radical (unpaired) electrons. The van der Waals surface area contributed by atoms with Crippen LogP contribution in [0.1, 0.15) is 10.6 Å². The van der Waals surface area contributed by atoms with Crippen LogP contribution in [0.3, 0.4) is 0 Å². The summed E-state index contributed by atoms with van der Waals surface area (Å²) >= 11 is 3.08. The smallest absolute Gasteiger partial charge is 0.323 e. The van der Waals surface area contributed by atoms with Gasteiger partial charge in [-0.25, -0.2) is 0 Å². The van der Waals surface area contributed by atoms with Crippen LogP contribution >= 0.6 is 15.9 Å².